The van der Waals surface area contributed by atoms with Crippen LogP contribution in [0.4, 0.5) is 14.6 Å². The fourth-order valence-corrected chi connectivity index (χ4v) is 3.87. The minimum atomic E-state index is -0.723. The Balaban J connectivity index is 1.27. The highest BCUT2D eigenvalue weighted by Gasteiger charge is 2.29. The van der Waals surface area contributed by atoms with Gasteiger partial charge in [0.25, 0.3) is 0 Å². The van der Waals surface area contributed by atoms with Crippen molar-refractivity contribution >= 4 is 5.82 Å². The fraction of sp³-hybridized carbons (Fsp3) is 0.200. The summed E-state index contributed by atoms with van der Waals surface area (Å²) in [4.78, 5) is 17.0. The lowest BCUT2D eigenvalue weighted by Gasteiger charge is -2.31. The summed E-state index contributed by atoms with van der Waals surface area (Å²) in [5.41, 5.74) is -0.253. The molecule has 2 aromatic carbocycles. The summed E-state index contributed by atoms with van der Waals surface area (Å²) in [7, 11) is 0. The van der Waals surface area contributed by atoms with Crippen LogP contribution >= 0.6 is 0 Å². The molecule has 0 radical (unpaired) electrons. The van der Waals surface area contributed by atoms with Gasteiger partial charge in [0.15, 0.2) is 0 Å². The average molecular weight is 474 g/mol. The first kappa shape index (κ1) is 22.3. The number of halogens is 2. The zero-order chi connectivity index (χ0) is 24.4. The molecule has 1 aliphatic rings. The predicted molar refractivity (Wildman–Crippen MR) is 123 cm³/mol. The summed E-state index contributed by atoms with van der Waals surface area (Å²) >= 11 is 0. The molecule has 0 unspecified atom stereocenters. The van der Waals surface area contributed by atoms with Crippen LogP contribution in [0.15, 0.2) is 71.9 Å². The number of nitrogens with zero attached hydrogens (tertiary/aromatic N) is 5. The van der Waals surface area contributed by atoms with E-state index in [1.165, 1.54) is 12.4 Å². The van der Waals surface area contributed by atoms with Crippen molar-refractivity contribution in [2.75, 3.05) is 5.32 Å². The second-order valence-corrected chi connectivity index (χ2v) is 8.26. The van der Waals surface area contributed by atoms with E-state index in [1.54, 1.807) is 42.6 Å². The Labute approximate surface area is 199 Å². The van der Waals surface area contributed by atoms with Gasteiger partial charge < -0.3 is 10.1 Å². The molecule has 1 aliphatic carbocycles. The molecule has 176 valence electrons. The summed E-state index contributed by atoms with van der Waals surface area (Å²) in [6.07, 6.45) is 4.48. The summed E-state index contributed by atoms with van der Waals surface area (Å²) in [5.74, 6) is 0.452. The Kier molecular flexibility index (Phi) is 5.97. The molecule has 1 N–H and O–H groups in total. The molecule has 0 aliphatic heterocycles. The van der Waals surface area contributed by atoms with Crippen molar-refractivity contribution in [2.24, 2.45) is 5.92 Å². The molecule has 35 heavy (non-hydrogen) atoms. The number of rotatable bonds is 7. The second-order valence-electron chi connectivity index (χ2n) is 8.26. The van der Waals surface area contributed by atoms with Crippen molar-refractivity contribution in [3.05, 3.63) is 94.8 Å². The second kappa shape index (κ2) is 9.38. The Morgan fingerprint density at radius 3 is 2.54 bits per heavy atom. The summed E-state index contributed by atoms with van der Waals surface area (Å²) in [6, 6.07) is 16.3. The maximum absolute atomic E-state index is 13.9. The van der Waals surface area contributed by atoms with Gasteiger partial charge in [-0.3, -0.25) is 4.57 Å². The lowest BCUT2D eigenvalue weighted by molar-refractivity contribution is 0.353. The number of aromatic nitrogens is 4. The highest BCUT2D eigenvalue weighted by molar-refractivity contribution is 5.45. The first-order chi connectivity index (χ1) is 17.0. The van der Waals surface area contributed by atoms with Crippen LogP contribution < -0.4 is 15.7 Å². The van der Waals surface area contributed by atoms with Crippen LogP contribution in [-0.2, 0) is 6.54 Å². The quantitative estimate of drug-likeness (QED) is 0.430. The highest BCUT2D eigenvalue weighted by atomic mass is 19.1. The van der Waals surface area contributed by atoms with E-state index in [2.05, 4.69) is 21.5 Å². The van der Waals surface area contributed by atoms with Gasteiger partial charge >= 0.3 is 5.69 Å². The predicted octanol–water partition coefficient (Wildman–Crippen LogP) is 4.26. The molecule has 1 saturated carbocycles. The molecule has 0 saturated heterocycles. The van der Waals surface area contributed by atoms with Crippen LogP contribution in [0, 0.1) is 28.9 Å². The zero-order valence-electron chi connectivity index (χ0n) is 18.4. The van der Waals surface area contributed by atoms with Gasteiger partial charge in [-0.05, 0) is 55.3 Å². The smallest absolute Gasteiger partial charge is 0.350 e. The first-order valence-corrected chi connectivity index (χ1v) is 11.0. The van der Waals surface area contributed by atoms with Gasteiger partial charge in [-0.1, -0.05) is 6.07 Å². The lowest BCUT2D eigenvalue weighted by atomic mass is 9.81. The van der Waals surface area contributed by atoms with Gasteiger partial charge in [-0.2, -0.15) is 15.0 Å². The third-order valence-corrected chi connectivity index (χ3v) is 5.84. The number of benzene rings is 2. The standard InChI is InChI=1S/C25H20F2N6O2/c26-22-2-1-3-23(27)21(22)14-32-15-30-33(25(32)34)18-4-6-19(7-5-18)35-20-8-9-29-24(12-20)31-17-10-16(11-17)13-28/h1-9,12,15-17H,10-11,14H2,(H,29,31). The number of ether oxygens (including phenoxy) is 1. The fourth-order valence-electron chi connectivity index (χ4n) is 3.87. The molecule has 0 bridgehead atoms. The van der Waals surface area contributed by atoms with Gasteiger partial charge in [0.2, 0.25) is 0 Å². The number of pyridine rings is 1. The van der Waals surface area contributed by atoms with Gasteiger partial charge in [-0.25, -0.2) is 18.6 Å². The van der Waals surface area contributed by atoms with E-state index in [-0.39, 0.29) is 24.1 Å². The number of anilines is 1. The molecular weight excluding hydrogens is 454 g/mol. The molecule has 4 aromatic rings. The van der Waals surface area contributed by atoms with E-state index in [0.29, 0.717) is 23.0 Å². The molecular formula is C25H20F2N6O2. The molecule has 2 aromatic heterocycles. The largest absolute Gasteiger partial charge is 0.457 e. The third kappa shape index (κ3) is 4.75. The van der Waals surface area contributed by atoms with Crippen molar-refractivity contribution in [2.45, 2.75) is 25.4 Å². The highest BCUT2D eigenvalue weighted by Crippen LogP contribution is 2.30. The minimum absolute atomic E-state index is 0.102. The van der Waals surface area contributed by atoms with Crippen molar-refractivity contribution in [3.63, 3.8) is 0 Å². The topological polar surface area (TPSA) is 97.8 Å². The summed E-state index contributed by atoms with van der Waals surface area (Å²) in [5, 5.41) is 16.3. The Bertz CT molecular complexity index is 1430. The molecule has 8 nitrogen and oxygen atoms in total. The maximum atomic E-state index is 13.9. The summed E-state index contributed by atoms with van der Waals surface area (Å²) in [6.45, 7) is -0.269. The monoisotopic (exact) mass is 474 g/mol. The zero-order valence-corrected chi connectivity index (χ0v) is 18.4. The van der Waals surface area contributed by atoms with E-state index >= 15 is 0 Å². The molecule has 2 heterocycles. The molecule has 0 spiro atoms. The van der Waals surface area contributed by atoms with Crippen LogP contribution in [0.2, 0.25) is 0 Å². The summed E-state index contributed by atoms with van der Waals surface area (Å²) < 4.78 is 36.1. The molecule has 5 rings (SSSR count). The number of hydrogen-bond acceptors (Lipinski definition) is 6. The molecule has 10 heteroatoms. The molecule has 1 fully saturated rings. The van der Waals surface area contributed by atoms with Gasteiger partial charge in [0.05, 0.1) is 24.2 Å². The van der Waals surface area contributed by atoms with E-state index < -0.39 is 17.3 Å². The molecule has 0 atom stereocenters. The van der Waals surface area contributed by atoms with Crippen molar-refractivity contribution in [3.8, 4) is 23.3 Å². The Morgan fingerprint density at radius 2 is 1.83 bits per heavy atom. The van der Waals surface area contributed by atoms with Crippen molar-refractivity contribution in [1.82, 2.24) is 19.3 Å². The van der Waals surface area contributed by atoms with E-state index in [0.717, 1.165) is 34.2 Å². The van der Waals surface area contributed by atoms with Crippen LogP contribution in [0.25, 0.3) is 5.69 Å². The van der Waals surface area contributed by atoms with Gasteiger partial charge in [-0.15, -0.1) is 0 Å². The number of nitriles is 1. The van der Waals surface area contributed by atoms with Crippen molar-refractivity contribution < 1.29 is 13.5 Å². The Hall–Kier alpha value is -4.52. The first-order valence-electron chi connectivity index (χ1n) is 11.0. The third-order valence-electron chi connectivity index (χ3n) is 5.84. The van der Waals surface area contributed by atoms with E-state index in [4.69, 9.17) is 10.00 Å². The van der Waals surface area contributed by atoms with Crippen LogP contribution in [-0.4, -0.2) is 25.4 Å². The maximum Gasteiger partial charge on any atom is 0.350 e. The Morgan fingerprint density at radius 1 is 1.09 bits per heavy atom. The van der Waals surface area contributed by atoms with Crippen LogP contribution in [0.5, 0.6) is 11.5 Å². The van der Waals surface area contributed by atoms with E-state index in [9.17, 15) is 13.6 Å². The van der Waals surface area contributed by atoms with Gasteiger partial charge in [0, 0.05) is 23.9 Å². The van der Waals surface area contributed by atoms with Crippen LogP contribution in [0.1, 0.15) is 18.4 Å². The van der Waals surface area contributed by atoms with Gasteiger partial charge in [0.1, 0.15) is 35.3 Å². The van der Waals surface area contributed by atoms with Crippen LogP contribution in [0.3, 0.4) is 0 Å². The lowest BCUT2D eigenvalue weighted by Crippen LogP contribution is -2.34. The average Bonchev–Trinajstić information content (AvgIpc) is 3.19. The normalized spacial score (nSPS) is 16.8. The SMILES string of the molecule is N#CC1CC(Nc2cc(Oc3ccc(-n4ncn(Cc5c(F)cccc5F)c4=O)cc3)ccn2)C1. The molecule has 0 amide bonds. The number of nitrogens with one attached hydrogen (secondary N) is 1. The number of hydrogen-bond donors (Lipinski definition) is 1. The van der Waals surface area contributed by atoms with E-state index in [1.807, 2.05) is 0 Å². The minimum Gasteiger partial charge on any atom is -0.457 e. The van der Waals surface area contributed by atoms with Crippen molar-refractivity contribution in [1.29, 1.82) is 5.26 Å².